The molecule has 2 bridgehead atoms. The van der Waals surface area contributed by atoms with E-state index in [4.69, 9.17) is 12.2 Å². The molecular weight excluding hydrogens is 234 g/mol. The Bertz CT molecular complexity index is 467. The lowest BCUT2D eigenvalue weighted by Gasteiger charge is -2.29. The topological polar surface area (TPSA) is 53.8 Å². The molecule has 5 heteroatoms. The maximum absolute atomic E-state index is 9.31. The molecule has 3 rings (SSSR count). The summed E-state index contributed by atoms with van der Waals surface area (Å²) in [4.78, 5) is 0. The molecule has 94 valence electrons. The molecule has 1 aromatic heterocycles. The van der Waals surface area contributed by atoms with Crippen LogP contribution in [0.25, 0.3) is 0 Å². The monoisotopic (exact) mass is 253 g/mol. The van der Waals surface area contributed by atoms with Crippen LogP contribution in [0.15, 0.2) is 0 Å². The van der Waals surface area contributed by atoms with Crippen molar-refractivity contribution in [1.29, 1.82) is 0 Å². The Labute approximate surface area is 106 Å². The number of hydrogen-bond acceptors (Lipinski definition) is 3. The van der Waals surface area contributed by atoms with E-state index >= 15 is 0 Å². The number of fused-ring (bicyclic) bond motifs is 2. The Balaban J connectivity index is 1.88. The first-order valence-corrected chi connectivity index (χ1v) is 6.88. The van der Waals surface area contributed by atoms with E-state index in [-0.39, 0.29) is 6.61 Å². The fourth-order valence-electron chi connectivity index (χ4n) is 3.95. The smallest absolute Gasteiger partial charge is 0.195 e. The van der Waals surface area contributed by atoms with Crippen molar-refractivity contribution >= 4 is 12.2 Å². The first-order chi connectivity index (χ1) is 8.20. The Morgan fingerprint density at radius 1 is 1.53 bits per heavy atom. The number of aliphatic hydroxyl groups excluding tert-OH is 1. The van der Waals surface area contributed by atoms with Gasteiger partial charge in [-0.15, -0.1) is 0 Å². The second-order valence-electron chi connectivity index (χ2n) is 5.55. The van der Waals surface area contributed by atoms with Gasteiger partial charge in [0, 0.05) is 6.04 Å². The largest absolute Gasteiger partial charge is 0.388 e. The van der Waals surface area contributed by atoms with Crippen LogP contribution < -0.4 is 0 Å². The molecule has 4 nitrogen and oxygen atoms in total. The van der Waals surface area contributed by atoms with E-state index in [0.29, 0.717) is 22.6 Å². The number of rotatable bonds is 3. The zero-order valence-corrected chi connectivity index (χ0v) is 10.9. The van der Waals surface area contributed by atoms with E-state index in [0.717, 1.165) is 11.8 Å². The molecule has 0 aromatic carbocycles. The van der Waals surface area contributed by atoms with Crippen molar-refractivity contribution < 1.29 is 5.11 Å². The molecule has 2 fully saturated rings. The summed E-state index contributed by atoms with van der Waals surface area (Å²) in [6.07, 6.45) is 5.51. The zero-order valence-electron chi connectivity index (χ0n) is 10.1. The third kappa shape index (κ3) is 1.76. The van der Waals surface area contributed by atoms with Crippen molar-refractivity contribution in [2.45, 2.75) is 45.3 Å². The van der Waals surface area contributed by atoms with Gasteiger partial charge in [0.2, 0.25) is 0 Å². The summed E-state index contributed by atoms with van der Waals surface area (Å²) in [5, 5.41) is 16.2. The highest BCUT2D eigenvalue weighted by Crippen LogP contribution is 2.52. The number of nitrogens with one attached hydrogen (secondary N) is 1. The predicted octanol–water partition coefficient (Wildman–Crippen LogP) is 2.43. The van der Waals surface area contributed by atoms with E-state index in [2.05, 4.69) is 17.1 Å². The van der Waals surface area contributed by atoms with Crippen molar-refractivity contribution in [3.05, 3.63) is 10.6 Å². The Hall–Kier alpha value is -0.680. The number of aromatic nitrogens is 3. The van der Waals surface area contributed by atoms with Crippen LogP contribution in [0.5, 0.6) is 0 Å². The molecule has 2 saturated carbocycles. The van der Waals surface area contributed by atoms with Gasteiger partial charge < -0.3 is 5.11 Å². The molecule has 17 heavy (non-hydrogen) atoms. The van der Waals surface area contributed by atoms with E-state index < -0.39 is 0 Å². The Morgan fingerprint density at radius 3 is 2.94 bits per heavy atom. The summed E-state index contributed by atoms with van der Waals surface area (Å²) in [6.45, 7) is 2.17. The highest BCUT2D eigenvalue weighted by Gasteiger charge is 2.42. The summed E-state index contributed by atoms with van der Waals surface area (Å²) in [5.74, 6) is 3.18. The van der Waals surface area contributed by atoms with Gasteiger partial charge in [-0.05, 0) is 56.2 Å². The van der Waals surface area contributed by atoms with Crippen LogP contribution in [0, 0.1) is 22.5 Å². The van der Waals surface area contributed by atoms with Crippen LogP contribution >= 0.6 is 12.2 Å². The summed E-state index contributed by atoms with van der Waals surface area (Å²) in [5.41, 5.74) is 0. The quantitative estimate of drug-likeness (QED) is 0.813. The first-order valence-electron chi connectivity index (χ1n) is 6.47. The molecule has 1 heterocycles. The van der Waals surface area contributed by atoms with Gasteiger partial charge in [-0.2, -0.15) is 5.10 Å². The number of aliphatic hydroxyl groups is 1. The Morgan fingerprint density at radius 2 is 2.35 bits per heavy atom. The lowest BCUT2D eigenvalue weighted by molar-refractivity contribution is 0.217. The van der Waals surface area contributed by atoms with Crippen LogP contribution in [0.3, 0.4) is 0 Å². The Kier molecular flexibility index (Phi) is 2.83. The molecule has 2 aliphatic rings. The summed E-state index contributed by atoms with van der Waals surface area (Å²) in [7, 11) is 0. The molecule has 0 amide bonds. The minimum atomic E-state index is -0.0434. The van der Waals surface area contributed by atoms with Crippen LogP contribution in [0.4, 0.5) is 0 Å². The van der Waals surface area contributed by atoms with E-state index in [9.17, 15) is 5.11 Å². The van der Waals surface area contributed by atoms with Crippen molar-refractivity contribution in [1.82, 2.24) is 14.8 Å². The third-order valence-electron chi connectivity index (χ3n) is 4.74. The zero-order chi connectivity index (χ0) is 12.0. The standard InChI is InChI=1S/C12H19N3OS/c1-7(10-5-8-2-3-9(10)4-8)15-11(6-16)13-14-12(15)17/h7-10,16H,2-6H2,1H3,(H,14,17). The second-order valence-corrected chi connectivity index (χ2v) is 5.94. The minimum Gasteiger partial charge on any atom is -0.388 e. The van der Waals surface area contributed by atoms with Crippen LogP contribution in [0.2, 0.25) is 0 Å². The van der Waals surface area contributed by atoms with Crippen LogP contribution in [0.1, 0.15) is 44.5 Å². The molecule has 1 aromatic rings. The lowest BCUT2D eigenvalue weighted by atomic mass is 9.84. The molecule has 2 aliphatic carbocycles. The van der Waals surface area contributed by atoms with Crippen molar-refractivity contribution in [3.63, 3.8) is 0 Å². The normalized spacial score (nSPS) is 33.2. The van der Waals surface area contributed by atoms with Gasteiger partial charge in [0.1, 0.15) is 6.61 Å². The third-order valence-corrected chi connectivity index (χ3v) is 5.03. The predicted molar refractivity (Wildman–Crippen MR) is 67.0 cm³/mol. The average molecular weight is 253 g/mol. The van der Waals surface area contributed by atoms with Crippen LogP contribution in [-0.2, 0) is 6.61 Å². The average Bonchev–Trinajstić information content (AvgIpc) is 3.01. The van der Waals surface area contributed by atoms with Gasteiger partial charge in [-0.25, -0.2) is 0 Å². The second kappa shape index (κ2) is 4.21. The summed E-state index contributed by atoms with van der Waals surface area (Å²) >= 11 is 5.27. The van der Waals surface area contributed by atoms with Gasteiger partial charge in [0.25, 0.3) is 0 Å². The van der Waals surface area contributed by atoms with Crippen LogP contribution in [-0.4, -0.2) is 19.9 Å². The van der Waals surface area contributed by atoms with E-state index in [1.165, 1.54) is 25.7 Å². The molecule has 4 atom stereocenters. The van der Waals surface area contributed by atoms with Crippen molar-refractivity contribution in [2.75, 3.05) is 0 Å². The summed E-state index contributed by atoms with van der Waals surface area (Å²) < 4.78 is 2.66. The van der Waals surface area contributed by atoms with Gasteiger partial charge >= 0.3 is 0 Å². The van der Waals surface area contributed by atoms with Gasteiger partial charge in [0.05, 0.1) is 0 Å². The number of aromatic amines is 1. The first kappa shape index (κ1) is 11.4. The van der Waals surface area contributed by atoms with Gasteiger partial charge in [-0.1, -0.05) is 6.42 Å². The highest BCUT2D eigenvalue weighted by atomic mass is 32.1. The fraction of sp³-hybridized carbons (Fsp3) is 0.833. The van der Waals surface area contributed by atoms with Crippen molar-refractivity contribution in [3.8, 4) is 0 Å². The molecule has 0 spiro atoms. The van der Waals surface area contributed by atoms with Gasteiger partial charge in [-0.3, -0.25) is 9.67 Å². The highest BCUT2D eigenvalue weighted by molar-refractivity contribution is 7.71. The van der Waals surface area contributed by atoms with E-state index in [1.807, 2.05) is 4.57 Å². The van der Waals surface area contributed by atoms with Gasteiger partial charge in [0.15, 0.2) is 10.6 Å². The molecule has 4 unspecified atom stereocenters. The lowest BCUT2D eigenvalue weighted by Crippen LogP contribution is -2.23. The maximum Gasteiger partial charge on any atom is 0.195 e. The molecule has 0 radical (unpaired) electrons. The number of nitrogens with zero attached hydrogens (tertiary/aromatic N) is 2. The molecule has 0 saturated heterocycles. The van der Waals surface area contributed by atoms with Crippen molar-refractivity contribution in [2.24, 2.45) is 17.8 Å². The van der Waals surface area contributed by atoms with E-state index in [1.54, 1.807) is 0 Å². The summed E-state index contributed by atoms with van der Waals surface area (Å²) in [6, 6.07) is 0.360. The minimum absolute atomic E-state index is 0.0434. The maximum atomic E-state index is 9.31. The fourth-order valence-corrected chi connectivity index (χ4v) is 4.26. The number of hydrogen-bond donors (Lipinski definition) is 2. The molecular formula is C12H19N3OS. The molecule has 2 N–H and O–H groups in total. The number of H-pyrrole nitrogens is 1. The molecule has 0 aliphatic heterocycles. The SMILES string of the molecule is CC(C1CC2CCC1C2)n1c(CO)n[nH]c1=S.